The van der Waals surface area contributed by atoms with Gasteiger partial charge in [0.2, 0.25) is 5.91 Å². The molecule has 1 aliphatic rings. The van der Waals surface area contributed by atoms with Crippen molar-refractivity contribution in [2.45, 2.75) is 91.7 Å². The summed E-state index contributed by atoms with van der Waals surface area (Å²) in [6.07, 6.45) is 0.679. The van der Waals surface area contributed by atoms with E-state index in [9.17, 15) is 24.3 Å². The van der Waals surface area contributed by atoms with Crippen molar-refractivity contribution in [2.75, 3.05) is 26.7 Å². The Kier molecular flexibility index (Phi) is 15.8. The molecule has 60 heavy (non-hydrogen) atoms. The molecule has 0 saturated carbocycles. The summed E-state index contributed by atoms with van der Waals surface area (Å²) in [5, 5.41) is 19.6. The van der Waals surface area contributed by atoms with Gasteiger partial charge in [0.25, 0.3) is 5.91 Å². The fourth-order valence-electron chi connectivity index (χ4n) is 7.35. The van der Waals surface area contributed by atoms with E-state index in [2.05, 4.69) is 26.0 Å². The Balaban J connectivity index is 1.41. The van der Waals surface area contributed by atoms with E-state index >= 15 is 0 Å². The van der Waals surface area contributed by atoms with Crippen LogP contribution >= 0.6 is 0 Å². The average Bonchev–Trinajstić information content (AvgIpc) is 3.57. The number of aryl methyl sites for hydroxylation is 1. The summed E-state index contributed by atoms with van der Waals surface area (Å²) >= 11 is 0. The monoisotopic (exact) mass is 820 g/mol. The van der Waals surface area contributed by atoms with Crippen LogP contribution in [0.2, 0.25) is 0 Å². The van der Waals surface area contributed by atoms with Gasteiger partial charge in [-0.25, -0.2) is 14.6 Å². The van der Waals surface area contributed by atoms with Crippen LogP contribution in [0.25, 0.3) is 11.3 Å². The predicted octanol–water partition coefficient (Wildman–Crippen LogP) is 5.50. The van der Waals surface area contributed by atoms with Crippen molar-refractivity contribution >= 4 is 23.9 Å². The number of rotatable bonds is 18. The third-order valence-corrected chi connectivity index (χ3v) is 10.8. The molecule has 0 spiro atoms. The molecule has 1 fully saturated rings. The second-order valence-electron chi connectivity index (χ2n) is 16.6. The zero-order chi connectivity index (χ0) is 43.4. The van der Waals surface area contributed by atoms with E-state index in [1.54, 1.807) is 21.0 Å². The number of nitrogens with zero attached hydrogens (tertiary/aromatic N) is 5. The standard InChI is InChI=1S/C46H60N8O6/c1-8-31(2)40(54-26-25-52(45(54)59)29-36-18-14-15-32(3)48-36)42(56)49-38(27-33-16-10-9-11-17-33)39(55)30-53(51-43(57)41(46(4,5)6)50-44(58)60-7)28-34-20-22-35(23-21-34)37-19-12-13-24-47-37/h9-24,31,38-41,55H,8,25-30H2,1-7H3,(H,49,56)(H,50,58)(H,51,57)/t31?,38-,39+,40+,41-/m1/s1. The lowest BCUT2D eigenvalue weighted by Crippen LogP contribution is -2.60. The number of benzene rings is 2. The number of amides is 5. The van der Waals surface area contributed by atoms with Gasteiger partial charge in [-0.15, -0.1) is 0 Å². The summed E-state index contributed by atoms with van der Waals surface area (Å²) in [5.74, 6) is -1.07. The van der Waals surface area contributed by atoms with E-state index in [-0.39, 0.29) is 37.4 Å². The van der Waals surface area contributed by atoms with Crippen molar-refractivity contribution in [3.63, 3.8) is 0 Å². The first-order valence-electron chi connectivity index (χ1n) is 20.6. The number of ether oxygens (including phenoxy) is 1. The third-order valence-electron chi connectivity index (χ3n) is 10.8. The number of pyridine rings is 2. The van der Waals surface area contributed by atoms with Crippen molar-refractivity contribution in [1.82, 2.24) is 40.8 Å². The number of hydrazine groups is 1. The summed E-state index contributed by atoms with van der Waals surface area (Å²) in [4.78, 5) is 67.2. The lowest BCUT2D eigenvalue weighted by atomic mass is 9.86. The van der Waals surface area contributed by atoms with Gasteiger partial charge in [-0.2, -0.15) is 0 Å². The van der Waals surface area contributed by atoms with Gasteiger partial charge in [-0.05, 0) is 60.1 Å². The number of aromatic nitrogens is 2. The van der Waals surface area contributed by atoms with Gasteiger partial charge in [0.05, 0.1) is 37.2 Å². The minimum atomic E-state index is -1.21. The average molecular weight is 821 g/mol. The number of carbonyl (C=O) groups is 4. The summed E-state index contributed by atoms with van der Waals surface area (Å²) < 4.78 is 4.83. The number of hydrogen-bond donors (Lipinski definition) is 4. The first-order valence-corrected chi connectivity index (χ1v) is 20.6. The molecule has 1 aliphatic heterocycles. The van der Waals surface area contributed by atoms with Crippen molar-refractivity contribution in [3.8, 4) is 11.3 Å². The molecule has 4 N–H and O–H groups in total. The largest absolute Gasteiger partial charge is 0.453 e. The topological polar surface area (TPSA) is 169 Å². The van der Waals surface area contributed by atoms with E-state index in [0.717, 1.165) is 33.8 Å². The van der Waals surface area contributed by atoms with Crippen LogP contribution in [0, 0.1) is 18.3 Å². The molecule has 14 heteroatoms. The Morgan fingerprint density at radius 3 is 2.25 bits per heavy atom. The summed E-state index contributed by atoms with van der Waals surface area (Å²) in [6, 6.07) is 25.8. The number of aliphatic hydroxyl groups excluding tert-OH is 1. The van der Waals surface area contributed by atoms with E-state index in [4.69, 9.17) is 4.74 Å². The lowest BCUT2D eigenvalue weighted by molar-refractivity contribution is -0.132. The summed E-state index contributed by atoms with van der Waals surface area (Å²) in [7, 11) is 1.23. The number of carbonyl (C=O) groups excluding carboxylic acids is 4. The molecule has 5 amide bonds. The molecule has 5 rings (SSSR count). The highest BCUT2D eigenvalue weighted by Crippen LogP contribution is 2.24. The highest BCUT2D eigenvalue weighted by atomic mass is 16.5. The second-order valence-corrected chi connectivity index (χ2v) is 16.6. The molecule has 0 bridgehead atoms. The summed E-state index contributed by atoms with van der Waals surface area (Å²) in [5.41, 5.74) is 7.32. The fourth-order valence-corrected chi connectivity index (χ4v) is 7.35. The molecular weight excluding hydrogens is 761 g/mol. The zero-order valence-corrected chi connectivity index (χ0v) is 35.8. The molecule has 14 nitrogen and oxygen atoms in total. The molecule has 4 aromatic rings. The first kappa shape index (κ1) is 45.2. The fraction of sp³-hybridized carbons (Fsp3) is 0.435. The van der Waals surface area contributed by atoms with Crippen molar-refractivity contribution < 1.29 is 29.0 Å². The molecule has 1 unspecified atom stereocenters. The highest BCUT2D eigenvalue weighted by Gasteiger charge is 2.41. The smallest absolute Gasteiger partial charge is 0.407 e. The maximum absolute atomic E-state index is 14.5. The van der Waals surface area contributed by atoms with Crippen LogP contribution in [0.4, 0.5) is 9.59 Å². The summed E-state index contributed by atoms with van der Waals surface area (Å²) in [6.45, 7) is 12.5. The molecule has 5 atom stereocenters. The third kappa shape index (κ3) is 12.3. The maximum atomic E-state index is 14.5. The molecule has 0 aliphatic carbocycles. The van der Waals surface area contributed by atoms with E-state index in [1.807, 2.05) is 133 Å². The normalized spacial score (nSPS) is 15.5. The van der Waals surface area contributed by atoms with Crippen LogP contribution in [0.3, 0.4) is 0 Å². The van der Waals surface area contributed by atoms with E-state index in [0.29, 0.717) is 26.1 Å². The minimum Gasteiger partial charge on any atom is -0.453 e. The molecule has 320 valence electrons. The van der Waals surface area contributed by atoms with Gasteiger partial charge >= 0.3 is 12.1 Å². The number of hydrogen-bond acceptors (Lipinski definition) is 9. The number of aliphatic hydroxyl groups is 1. The molecule has 2 aromatic heterocycles. The molecule has 3 heterocycles. The maximum Gasteiger partial charge on any atom is 0.407 e. The Morgan fingerprint density at radius 1 is 0.900 bits per heavy atom. The van der Waals surface area contributed by atoms with Crippen LogP contribution < -0.4 is 16.1 Å². The zero-order valence-electron chi connectivity index (χ0n) is 35.8. The van der Waals surface area contributed by atoms with Crippen LogP contribution in [0.1, 0.15) is 63.6 Å². The van der Waals surface area contributed by atoms with Crippen LogP contribution in [0.15, 0.2) is 97.2 Å². The molecule has 0 radical (unpaired) electrons. The molecular formula is C46H60N8O6. The van der Waals surface area contributed by atoms with Gasteiger partial charge in [-0.3, -0.25) is 25.0 Å². The van der Waals surface area contributed by atoms with Gasteiger partial charge in [0.1, 0.15) is 12.1 Å². The lowest BCUT2D eigenvalue weighted by Gasteiger charge is -2.36. The van der Waals surface area contributed by atoms with E-state index in [1.165, 1.54) is 7.11 Å². The Morgan fingerprint density at radius 2 is 1.62 bits per heavy atom. The number of methoxy groups -OCH3 is 1. The second kappa shape index (κ2) is 20.9. The quantitative estimate of drug-likeness (QED) is 0.0948. The number of urea groups is 1. The van der Waals surface area contributed by atoms with Crippen molar-refractivity contribution in [3.05, 3.63) is 120 Å². The Bertz CT molecular complexity index is 2030. The SMILES string of the molecule is CCC(C)[C@@H](C(=O)N[C@H](Cc1ccccc1)[C@@H](O)CN(Cc1ccc(-c2ccccn2)cc1)NC(=O)[C@@H](NC(=O)OC)C(C)(C)C)N1CCN(Cc2cccc(C)n2)C1=O. The first-order chi connectivity index (χ1) is 28.7. The van der Waals surface area contributed by atoms with Gasteiger partial charge in [-0.1, -0.05) is 108 Å². The van der Waals surface area contributed by atoms with Crippen LogP contribution in [-0.4, -0.2) is 105 Å². The van der Waals surface area contributed by atoms with Gasteiger partial charge < -0.3 is 30.3 Å². The molecule has 2 aromatic carbocycles. The van der Waals surface area contributed by atoms with Crippen molar-refractivity contribution in [1.29, 1.82) is 0 Å². The predicted molar refractivity (Wildman–Crippen MR) is 230 cm³/mol. The van der Waals surface area contributed by atoms with Gasteiger partial charge in [0, 0.05) is 43.6 Å². The van der Waals surface area contributed by atoms with Crippen LogP contribution in [0.5, 0.6) is 0 Å². The molecule has 1 saturated heterocycles. The van der Waals surface area contributed by atoms with Crippen LogP contribution in [-0.2, 0) is 33.8 Å². The van der Waals surface area contributed by atoms with E-state index < -0.39 is 41.6 Å². The Labute approximate surface area is 353 Å². The van der Waals surface area contributed by atoms with Crippen molar-refractivity contribution in [2.24, 2.45) is 11.3 Å². The highest BCUT2D eigenvalue weighted by molar-refractivity contribution is 5.88. The van der Waals surface area contributed by atoms with Gasteiger partial charge in [0.15, 0.2) is 0 Å². The number of alkyl carbamates (subject to hydrolysis) is 1. The Hall–Kier alpha value is -5.86. The minimum absolute atomic E-state index is 0.103. The number of nitrogens with one attached hydrogen (secondary N) is 3.